The minimum Gasteiger partial charge on any atom is -0.195 e. The molecule has 0 bridgehead atoms. The first-order chi connectivity index (χ1) is 3.42. The fourth-order valence-corrected chi connectivity index (χ4v) is 1.47. The monoisotopic (exact) mass is 177 g/mol. The molecule has 0 aliphatic carbocycles. The minimum atomic E-state index is -3.63. The average molecular weight is 178 g/mol. The van der Waals surface area contributed by atoms with Gasteiger partial charge in [-0.2, -0.15) is 13.1 Å². The molecule has 0 aliphatic heterocycles. The van der Waals surface area contributed by atoms with Crippen molar-refractivity contribution in [3.63, 3.8) is 0 Å². The number of rotatable bonds is 2. The highest BCUT2D eigenvalue weighted by atomic mass is 35.7. The van der Waals surface area contributed by atoms with E-state index in [0.717, 1.165) is 0 Å². The molecule has 6 heteroatoms. The maximum Gasteiger partial charge on any atom is 0.298 e. The van der Waals surface area contributed by atoms with Crippen LogP contribution >= 0.6 is 22.3 Å². The van der Waals surface area contributed by atoms with Gasteiger partial charge in [-0.15, -0.1) is 11.6 Å². The van der Waals surface area contributed by atoms with Crippen LogP contribution in [0.5, 0.6) is 0 Å². The van der Waals surface area contributed by atoms with Crippen molar-refractivity contribution in [2.75, 3.05) is 0 Å². The topological polar surface area (TPSA) is 46.2 Å². The molecule has 8 heavy (non-hydrogen) atoms. The number of hydrogen-bond donors (Lipinski definition) is 1. The molecule has 1 unspecified atom stereocenters. The lowest BCUT2D eigenvalue weighted by atomic mass is 10.8. The molecule has 1 N–H and O–H groups in total. The van der Waals surface area contributed by atoms with E-state index in [0.29, 0.717) is 0 Å². The summed E-state index contributed by atoms with van der Waals surface area (Å²) in [5.74, 6) is 0. The Morgan fingerprint density at radius 3 is 2.00 bits per heavy atom. The van der Waals surface area contributed by atoms with Crippen LogP contribution in [0.4, 0.5) is 0 Å². The maximum atomic E-state index is 10.0. The van der Waals surface area contributed by atoms with E-state index in [1.165, 1.54) is 6.92 Å². The summed E-state index contributed by atoms with van der Waals surface area (Å²) in [5, 5.41) is 0. The van der Waals surface area contributed by atoms with Crippen molar-refractivity contribution in [2.24, 2.45) is 0 Å². The summed E-state index contributed by atoms with van der Waals surface area (Å²) in [5.41, 5.74) is -0.655. The van der Waals surface area contributed by atoms with Crippen molar-refractivity contribution >= 4 is 31.5 Å². The number of hydrogen-bond acceptors (Lipinski definition) is 2. The molecule has 3 nitrogen and oxygen atoms in total. The van der Waals surface area contributed by atoms with Crippen molar-refractivity contribution in [1.29, 1.82) is 0 Å². The second kappa shape index (κ2) is 2.87. The highest BCUT2D eigenvalue weighted by Gasteiger charge is 2.05. The summed E-state index contributed by atoms with van der Waals surface area (Å²) in [6.45, 7) is 1.46. The van der Waals surface area contributed by atoms with Gasteiger partial charge in [0.25, 0.3) is 9.24 Å². The van der Waals surface area contributed by atoms with Crippen molar-refractivity contribution < 1.29 is 8.42 Å². The van der Waals surface area contributed by atoms with Crippen molar-refractivity contribution in [3.8, 4) is 0 Å². The maximum absolute atomic E-state index is 10.0. The molecule has 0 amide bonds. The Kier molecular flexibility index (Phi) is 3.04. The van der Waals surface area contributed by atoms with Gasteiger partial charge >= 0.3 is 0 Å². The van der Waals surface area contributed by atoms with Gasteiger partial charge in [0.2, 0.25) is 0 Å². The Morgan fingerprint density at radius 1 is 1.62 bits per heavy atom. The van der Waals surface area contributed by atoms with E-state index in [-0.39, 0.29) is 0 Å². The van der Waals surface area contributed by atoms with Crippen LogP contribution in [0.1, 0.15) is 6.92 Å². The highest BCUT2D eigenvalue weighted by Crippen LogP contribution is 1.95. The van der Waals surface area contributed by atoms with E-state index < -0.39 is 14.7 Å². The molecular weight excluding hydrogens is 173 g/mol. The number of halogens is 2. The zero-order chi connectivity index (χ0) is 6.78. The van der Waals surface area contributed by atoms with Crippen LogP contribution in [0.3, 0.4) is 0 Å². The Morgan fingerprint density at radius 2 is 2.00 bits per heavy atom. The van der Waals surface area contributed by atoms with Gasteiger partial charge < -0.3 is 0 Å². The van der Waals surface area contributed by atoms with Gasteiger partial charge in [-0.05, 0) is 6.92 Å². The SMILES string of the molecule is CC(Cl)NS(=O)(=O)Cl. The van der Waals surface area contributed by atoms with Gasteiger partial charge in [0.1, 0.15) is 0 Å². The molecule has 0 aromatic rings. The molecule has 0 heterocycles. The van der Waals surface area contributed by atoms with E-state index in [1.54, 1.807) is 0 Å². The molecule has 0 fully saturated rings. The van der Waals surface area contributed by atoms with Crippen LogP contribution in [0.25, 0.3) is 0 Å². The van der Waals surface area contributed by atoms with Crippen LogP contribution in [-0.4, -0.2) is 13.9 Å². The van der Waals surface area contributed by atoms with E-state index in [9.17, 15) is 8.42 Å². The zero-order valence-electron chi connectivity index (χ0n) is 4.06. The van der Waals surface area contributed by atoms with Gasteiger partial charge in [0, 0.05) is 10.7 Å². The fraction of sp³-hybridized carbons (Fsp3) is 1.00. The second-order valence-electron chi connectivity index (χ2n) is 1.17. The Bertz CT molecular complexity index is 151. The summed E-state index contributed by atoms with van der Waals surface area (Å²) >= 11 is 5.19. The quantitative estimate of drug-likeness (QED) is 0.383. The van der Waals surface area contributed by atoms with E-state index in [4.69, 9.17) is 22.3 Å². The van der Waals surface area contributed by atoms with Crippen molar-refractivity contribution in [2.45, 2.75) is 12.4 Å². The first-order valence-corrected chi connectivity index (χ1v) is 4.52. The lowest BCUT2D eigenvalue weighted by Gasteiger charge is -1.98. The molecule has 0 spiro atoms. The van der Waals surface area contributed by atoms with Crippen molar-refractivity contribution in [1.82, 2.24) is 4.72 Å². The Hall–Kier alpha value is 0.490. The Labute approximate surface area is 57.5 Å². The lowest BCUT2D eigenvalue weighted by molar-refractivity contribution is 0.595. The molecule has 0 rings (SSSR count). The molecule has 1 atom stereocenters. The molecule has 0 aliphatic rings. The van der Waals surface area contributed by atoms with Crippen LogP contribution in [0.15, 0.2) is 0 Å². The van der Waals surface area contributed by atoms with Gasteiger partial charge in [-0.1, -0.05) is 0 Å². The Balaban J connectivity index is 3.75. The van der Waals surface area contributed by atoms with E-state index in [1.807, 2.05) is 4.72 Å². The van der Waals surface area contributed by atoms with Gasteiger partial charge in [-0.25, -0.2) is 0 Å². The summed E-state index contributed by atoms with van der Waals surface area (Å²) in [6.07, 6.45) is 0. The third-order valence-electron chi connectivity index (χ3n) is 0.303. The third kappa shape index (κ3) is 6.49. The summed E-state index contributed by atoms with van der Waals surface area (Å²) in [4.78, 5) is 0. The molecule has 50 valence electrons. The van der Waals surface area contributed by atoms with Crippen LogP contribution in [0, 0.1) is 0 Å². The standard InChI is InChI=1S/C2H5Cl2NO2S/c1-2(3)5-8(4,6)7/h2,5H,1H3. The summed E-state index contributed by atoms with van der Waals surface area (Å²) in [6, 6.07) is 0. The van der Waals surface area contributed by atoms with E-state index in [2.05, 4.69) is 0 Å². The fourth-order valence-electron chi connectivity index (χ4n) is 0.194. The first kappa shape index (κ1) is 8.49. The normalized spacial score (nSPS) is 15.9. The lowest BCUT2D eigenvalue weighted by Crippen LogP contribution is -2.23. The average Bonchev–Trinajstić information content (AvgIpc) is 1.21. The third-order valence-corrected chi connectivity index (χ3v) is 1.44. The van der Waals surface area contributed by atoms with Gasteiger partial charge in [0.15, 0.2) is 0 Å². The first-order valence-electron chi connectivity index (χ1n) is 1.78. The minimum absolute atomic E-state index is 0.655. The molecule has 0 saturated carbocycles. The van der Waals surface area contributed by atoms with Crippen molar-refractivity contribution in [3.05, 3.63) is 0 Å². The predicted octanol–water partition coefficient (Wildman–Crippen LogP) is 0.644. The highest BCUT2D eigenvalue weighted by molar-refractivity contribution is 8.12. The number of nitrogens with one attached hydrogen (secondary N) is 1. The van der Waals surface area contributed by atoms with Crippen LogP contribution in [-0.2, 0) is 9.24 Å². The molecule has 0 aromatic carbocycles. The van der Waals surface area contributed by atoms with Crippen LogP contribution < -0.4 is 4.72 Å². The summed E-state index contributed by atoms with van der Waals surface area (Å²) in [7, 11) is 1.07. The zero-order valence-corrected chi connectivity index (χ0v) is 6.39. The second-order valence-corrected chi connectivity index (χ2v) is 4.16. The molecule has 0 radical (unpaired) electrons. The largest absolute Gasteiger partial charge is 0.298 e. The van der Waals surface area contributed by atoms with Crippen LogP contribution in [0.2, 0.25) is 0 Å². The van der Waals surface area contributed by atoms with Gasteiger partial charge in [0.05, 0.1) is 5.50 Å². The summed E-state index contributed by atoms with van der Waals surface area (Å²) < 4.78 is 21.9. The molecular formula is C2H5Cl2NO2S. The smallest absolute Gasteiger partial charge is 0.195 e. The van der Waals surface area contributed by atoms with Gasteiger partial charge in [-0.3, -0.25) is 0 Å². The predicted molar refractivity (Wildman–Crippen MR) is 33.2 cm³/mol. The molecule has 0 aromatic heterocycles. The number of alkyl halides is 1. The molecule has 0 saturated heterocycles. The van der Waals surface area contributed by atoms with E-state index >= 15 is 0 Å².